The third-order valence-electron chi connectivity index (χ3n) is 25.1. The zero-order chi connectivity index (χ0) is 76.8. The summed E-state index contributed by atoms with van der Waals surface area (Å²) >= 11 is 0. The molecular weight excluding hydrogens is 1470 g/mol. The van der Waals surface area contributed by atoms with Crippen molar-refractivity contribution in [3.8, 4) is 0 Å². The number of fused-ring (bicyclic) bond motifs is 9. The Balaban J connectivity index is 0.000000183. The quantitative estimate of drug-likeness (QED) is 0.0654. The van der Waals surface area contributed by atoms with Crippen molar-refractivity contribution in [2.75, 3.05) is 46.9 Å². The van der Waals surface area contributed by atoms with Crippen LogP contribution in [0.1, 0.15) is 275 Å². The third-order valence-corrected chi connectivity index (χ3v) is 25.1. The summed E-state index contributed by atoms with van der Waals surface area (Å²) in [5.74, 6) is -4.41. The Morgan fingerprint density at radius 2 is 0.661 bits per heavy atom. The third kappa shape index (κ3) is 20.5. The molecule has 9 aliphatic rings. The number of piperidine rings is 3. The van der Waals surface area contributed by atoms with E-state index < -0.39 is 47.4 Å². The molecule has 614 valence electrons. The smallest absolute Gasteiger partial charge is 0.360 e. The second-order valence-electron chi connectivity index (χ2n) is 32.1. The van der Waals surface area contributed by atoms with Crippen molar-refractivity contribution in [2.45, 2.75) is 298 Å². The van der Waals surface area contributed by atoms with Crippen molar-refractivity contribution in [1.82, 2.24) is 59.3 Å². The molecule has 9 heterocycles. The van der Waals surface area contributed by atoms with Crippen LogP contribution in [0.3, 0.4) is 0 Å². The van der Waals surface area contributed by atoms with Gasteiger partial charge in [-0.05, 0) is 166 Å². The van der Waals surface area contributed by atoms with Gasteiger partial charge in [0.1, 0.15) is 13.1 Å². The van der Waals surface area contributed by atoms with Crippen LogP contribution in [-0.2, 0) is 23.9 Å². The molecule has 9 atom stereocenters. The Morgan fingerprint density at radius 3 is 0.938 bits per heavy atom. The van der Waals surface area contributed by atoms with Gasteiger partial charge in [0.2, 0.25) is 5.69 Å². The van der Waals surface area contributed by atoms with Crippen LogP contribution in [0.2, 0.25) is 0 Å². The van der Waals surface area contributed by atoms with Crippen LogP contribution in [0.5, 0.6) is 0 Å². The van der Waals surface area contributed by atoms with E-state index in [1.54, 1.807) is 29.0 Å². The minimum Gasteiger partial charge on any atom is -0.480 e. The molecule has 2 amide bonds. The summed E-state index contributed by atoms with van der Waals surface area (Å²) in [7, 11) is 2.90. The van der Waals surface area contributed by atoms with Crippen molar-refractivity contribution >= 4 is 93.6 Å². The molecule has 7 N–H and O–H groups in total. The number of halogens is 2. The van der Waals surface area contributed by atoms with Gasteiger partial charge in [-0.25, -0.2) is 19.7 Å². The number of carbonyl (C=O) groups is 6. The molecule has 3 aliphatic carbocycles. The van der Waals surface area contributed by atoms with E-state index in [4.69, 9.17) is 15.6 Å². The first kappa shape index (κ1) is 88.2. The van der Waals surface area contributed by atoms with Gasteiger partial charge in [0.05, 0.1) is 52.9 Å². The number of hydrogen-bond acceptors (Lipinski definition) is 19. The van der Waals surface area contributed by atoms with E-state index in [0.29, 0.717) is 77.5 Å². The van der Waals surface area contributed by atoms with Gasteiger partial charge in [-0.2, -0.15) is 0 Å². The predicted octanol–water partition coefficient (Wildman–Crippen LogP) is 13.0. The summed E-state index contributed by atoms with van der Waals surface area (Å²) in [5.41, 5.74) is 7.09. The van der Waals surface area contributed by atoms with Crippen LogP contribution in [0.25, 0.3) is 33.1 Å². The van der Waals surface area contributed by atoms with Crippen LogP contribution in [-0.4, -0.2) is 200 Å². The maximum Gasteiger partial charge on any atom is 0.360 e. The van der Waals surface area contributed by atoms with E-state index in [2.05, 4.69) is 34.4 Å². The number of esters is 2. The minimum atomic E-state index is -1.24. The highest BCUT2D eigenvalue weighted by molar-refractivity contribution is 5.96. The minimum absolute atomic E-state index is 0. The first-order chi connectivity index (χ1) is 52.8. The fraction of sp³-hybridized carbons (Fsp3) is 0.643. The number of carboxylic acids is 2. The molecular formula is C84H121Cl2N13O13. The number of amides is 2. The molecule has 6 aliphatic heterocycles. The second kappa shape index (κ2) is 41.5. The molecule has 6 bridgehead atoms. The van der Waals surface area contributed by atoms with Crippen molar-refractivity contribution in [1.29, 1.82) is 0 Å². The molecule has 3 saturated carbocycles. The van der Waals surface area contributed by atoms with E-state index in [9.17, 15) is 48.3 Å². The highest BCUT2D eigenvalue weighted by Gasteiger charge is 2.48. The number of likely N-dealkylation sites (N-methyl/N-ethyl adjacent to an activating group) is 2. The molecule has 3 unspecified atom stereocenters. The topological polar surface area (TPSA) is 343 Å². The summed E-state index contributed by atoms with van der Waals surface area (Å²) in [6.45, 7) is 3.40. The van der Waals surface area contributed by atoms with Gasteiger partial charge >= 0.3 is 23.9 Å². The lowest BCUT2D eigenvalue weighted by Crippen LogP contribution is -2.50. The normalized spacial score (nSPS) is 24.4. The number of nitrogens with zero attached hydrogens (tertiary/aromatic N) is 11. The highest BCUT2D eigenvalue weighted by Crippen LogP contribution is 2.48. The summed E-state index contributed by atoms with van der Waals surface area (Å²) in [5, 5.41) is 18.6. The number of hydrogen-bond donors (Lipinski definition) is 4. The standard InChI is InChI=1S/C29H40N4O4.C27H36N4O4.C24H31N3O3.C4H9NO2.2ClH.H3N/c1-3-37-26(34)19-31(2)28(35)27-29(36)33(25-14-10-9-13-24(25)30-27)23-17-21-15-16-22(18-23)32(21)20-11-7-5-4-6-8-12-20;1-29(17-24(32)33)26(34)25-27(35)31(23-12-8-7-11-22(23)28-25)21-15-19-13-14-20(16-21)30(19)18-9-5-3-2-4-6-10-18;28-23-22(24(29)30)25-20-10-6-7-11-21(20)27(23)19-14-17-12-13-18(15-19)26(17)16-8-4-2-1-3-5-9-16;1-2-7-4(6)3-5;;;/h9-10,13-14,20-23H,3-8,11-12,15-19H2,1-2H3;7-8,11-12,18-21H,2-6,9-10,13-17H2,1H3,(H,32,33);6-7,10-11,16-19H,1-5,8-9,12-15H2,(H,29,30);2-3,5H2,1H3;2*1H;1H3/t21-,22+,23?;19-,20+,21?;17-,18+,19?;;;;. The zero-order valence-corrected chi connectivity index (χ0v) is 67.8. The van der Waals surface area contributed by atoms with Crippen LogP contribution >= 0.6 is 24.8 Å². The fourth-order valence-corrected chi connectivity index (χ4v) is 20.5. The SMILES string of the molecule is CCOC(=O)CN.CCOC(=O)CN(C)C(=O)c1nc2ccccc2n(C2C[C@H]3CC[C@@H](C2)N3C2CCCCCCC2)c1=O.CN(CC(=O)O)C(=O)c1nc2ccccc2n(C2C[C@H]3CC[C@@H](C2)N3C2CCCCCCC2)c1=O.Cl.Cl.N.O=C(O)c1nc2ccccc2n(C2C[C@H]3CC[C@@H](C2)N3C2CCCCCCC2)c1=O. The van der Waals surface area contributed by atoms with E-state index in [1.165, 1.54) is 192 Å². The van der Waals surface area contributed by atoms with Crippen molar-refractivity contribution in [3.05, 3.63) is 121 Å². The molecule has 6 aromatic rings. The van der Waals surface area contributed by atoms with Crippen molar-refractivity contribution in [2.24, 2.45) is 5.73 Å². The van der Waals surface area contributed by atoms with E-state index in [1.807, 2.05) is 71.3 Å². The van der Waals surface area contributed by atoms with Crippen LogP contribution in [0, 0.1) is 0 Å². The van der Waals surface area contributed by atoms with E-state index in [-0.39, 0.29) is 97.4 Å². The van der Waals surface area contributed by atoms with Gasteiger partial charge in [-0.1, -0.05) is 133 Å². The van der Waals surface area contributed by atoms with Gasteiger partial charge in [0.15, 0.2) is 11.4 Å². The van der Waals surface area contributed by atoms with Crippen LogP contribution in [0.15, 0.2) is 87.2 Å². The molecule has 3 aromatic heterocycles. The fourth-order valence-electron chi connectivity index (χ4n) is 20.5. The number of carboxylic acid groups (broad SMARTS) is 2. The lowest BCUT2D eigenvalue weighted by Gasteiger charge is -2.45. The maximum atomic E-state index is 13.9. The summed E-state index contributed by atoms with van der Waals surface area (Å²) < 4.78 is 14.8. The largest absolute Gasteiger partial charge is 0.480 e. The van der Waals surface area contributed by atoms with Crippen LogP contribution < -0.4 is 28.6 Å². The van der Waals surface area contributed by atoms with E-state index in [0.717, 1.165) is 60.0 Å². The number of carbonyl (C=O) groups excluding carboxylic acids is 4. The zero-order valence-electron chi connectivity index (χ0n) is 66.1. The van der Waals surface area contributed by atoms with Crippen molar-refractivity contribution in [3.63, 3.8) is 0 Å². The van der Waals surface area contributed by atoms with Gasteiger partial charge < -0.3 is 55.1 Å². The number of nitrogens with two attached hydrogens (primary N) is 1. The average molecular weight is 1590 g/mol. The van der Waals surface area contributed by atoms with Gasteiger partial charge in [0, 0.05) is 86.6 Å². The first-order valence-electron chi connectivity index (χ1n) is 41.2. The molecule has 6 saturated heterocycles. The predicted molar refractivity (Wildman–Crippen MR) is 437 cm³/mol. The van der Waals surface area contributed by atoms with E-state index >= 15 is 0 Å². The Hall–Kier alpha value is -7.72. The summed E-state index contributed by atoms with van der Waals surface area (Å²) in [6.07, 6.45) is 40.5. The molecule has 3 aromatic carbocycles. The van der Waals surface area contributed by atoms with Gasteiger partial charge in [0.25, 0.3) is 28.5 Å². The van der Waals surface area contributed by atoms with Gasteiger partial charge in [-0.3, -0.25) is 53.1 Å². The molecule has 0 spiro atoms. The number of aromatic nitrogens is 6. The molecule has 28 heteroatoms. The number of ether oxygens (including phenoxy) is 2. The molecule has 15 rings (SSSR count). The average Bonchev–Trinajstić information content (AvgIpc) is 1.33. The highest BCUT2D eigenvalue weighted by atomic mass is 35.5. The monoisotopic (exact) mass is 1590 g/mol. The molecule has 112 heavy (non-hydrogen) atoms. The Labute approximate surface area is 669 Å². The molecule has 0 radical (unpaired) electrons. The number of aromatic carboxylic acids is 1. The summed E-state index contributed by atoms with van der Waals surface area (Å²) in [6, 6.07) is 27.5. The summed E-state index contributed by atoms with van der Waals surface area (Å²) in [4.78, 5) is 136. The lowest BCUT2D eigenvalue weighted by atomic mass is 9.89. The van der Waals surface area contributed by atoms with Crippen molar-refractivity contribution < 1.29 is 48.5 Å². The van der Waals surface area contributed by atoms with Gasteiger partial charge in [-0.15, -0.1) is 24.8 Å². The number of aliphatic carboxylic acids is 1. The Kier molecular flexibility index (Phi) is 32.7. The number of para-hydroxylation sites is 6. The van der Waals surface area contributed by atoms with Crippen LogP contribution in [0.4, 0.5) is 0 Å². The number of rotatable bonds is 16. The second-order valence-corrected chi connectivity index (χ2v) is 32.1. The lowest BCUT2D eigenvalue weighted by molar-refractivity contribution is -0.143. The maximum absolute atomic E-state index is 13.9. The molecule has 9 fully saturated rings. The Morgan fingerprint density at radius 1 is 0.393 bits per heavy atom. The number of benzene rings is 3. The molecule has 26 nitrogen and oxygen atoms in total. The Bertz CT molecular complexity index is 4320. The first-order valence-corrected chi connectivity index (χ1v) is 41.2.